The average molecular weight is 325 g/mol. The highest BCUT2D eigenvalue weighted by Gasteiger charge is 2.43. The summed E-state index contributed by atoms with van der Waals surface area (Å²) in [6.45, 7) is 2.00. The van der Waals surface area contributed by atoms with Crippen LogP contribution in [0.4, 0.5) is 0 Å². The Morgan fingerprint density at radius 1 is 1.00 bits per heavy atom. The second-order valence-electron chi connectivity index (χ2n) is 4.43. The summed E-state index contributed by atoms with van der Waals surface area (Å²) >= 11 is 11.8. The molecule has 0 amide bonds. The summed E-state index contributed by atoms with van der Waals surface area (Å²) in [5.74, 6) is -1.09. The zero-order valence-corrected chi connectivity index (χ0v) is 12.9. The number of hydrogen-bond acceptors (Lipinski definition) is 2. The lowest BCUT2D eigenvalue weighted by Gasteiger charge is -2.30. The molecule has 2 rings (SSSR count). The molecule has 110 valence electrons. The van der Waals surface area contributed by atoms with Gasteiger partial charge < -0.3 is 9.84 Å². The maximum Gasteiger partial charge on any atom is 0.345 e. The number of ether oxygens (including phenoxy) is 1. The van der Waals surface area contributed by atoms with Crippen molar-refractivity contribution in [3.8, 4) is 0 Å². The van der Waals surface area contributed by atoms with Crippen molar-refractivity contribution < 1.29 is 14.6 Å². The summed E-state index contributed by atoms with van der Waals surface area (Å²) in [5.41, 5.74) is -0.573. The number of carboxylic acids is 1. The van der Waals surface area contributed by atoms with Crippen LogP contribution in [-0.4, -0.2) is 17.7 Å². The summed E-state index contributed by atoms with van der Waals surface area (Å²) in [6, 6.07) is 13.2. The maximum atomic E-state index is 12.0. The smallest absolute Gasteiger partial charge is 0.345 e. The van der Waals surface area contributed by atoms with Crippen LogP contribution in [-0.2, 0) is 15.1 Å². The van der Waals surface area contributed by atoms with Crippen molar-refractivity contribution in [2.24, 2.45) is 0 Å². The van der Waals surface area contributed by atoms with E-state index in [-0.39, 0.29) is 6.61 Å². The van der Waals surface area contributed by atoms with Gasteiger partial charge in [0, 0.05) is 16.7 Å². The van der Waals surface area contributed by atoms with Gasteiger partial charge in [0.1, 0.15) is 0 Å². The molecule has 0 unspecified atom stereocenters. The molecule has 0 aliphatic heterocycles. The van der Waals surface area contributed by atoms with Gasteiger partial charge in [-0.05, 0) is 42.3 Å². The normalized spacial score (nSPS) is 11.4. The molecule has 0 aliphatic rings. The van der Waals surface area contributed by atoms with Gasteiger partial charge in [0.2, 0.25) is 5.60 Å². The molecule has 21 heavy (non-hydrogen) atoms. The summed E-state index contributed by atoms with van der Waals surface area (Å²) in [6.07, 6.45) is 0. The maximum absolute atomic E-state index is 12.0. The first-order chi connectivity index (χ1) is 10.0. The lowest BCUT2D eigenvalue weighted by atomic mass is 9.86. The van der Waals surface area contributed by atoms with Gasteiger partial charge in [-0.1, -0.05) is 47.5 Å². The van der Waals surface area contributed by atoms with E-state index >= 15 is 0 Å². The van der Waals surface area contributed by atoms with Crippen molar-refractivity contribution in [1.29, 1.82) is 0 Å². The summed E-state index contributed by atoms with van der Waals surface area (Å²) in [5, 5.41) is 10.9. The number of benzene rings is 2. The summed E-state index contributed by atoms with van der Waals surface area (Å²) in [4.78, 5) is 12.0. The summed E-state index contributed by atoms with van der Waals surface area (Å²) < 4.78 is 5.66. The largest absolute Gasteiger partial charge is 0.479 e. The molecule has 5 heteroatoms. The van der Waals surface area contributed by atoms with Crippen molar-refractivity contribution in [2.45, 2.75) is 12.5 Å². The fraction of sp³-hybridized carbons (Fsp3) is 0.188. The molecule has 0 radical (unpaired) electrons. The molecule has 0 bridgehead atoms. The predicted octanol–water partition coefficient (Wildman–Crippen LogP) is 4.36. The molecule has 1 N–H and O–H groups in total. The standard InChI is InChI=1S/C16H14Cl2O3/c1-2-21-16(15(19)20,11-3-7-13(17)8-4-11)12-5-9-14(18)10-6-12/h3-10H,2H2,1H3,(H,19,20). The number of aliphatic carboxylic acids is 1. The zero-order chi connectivity index (χ0) is 15.5. The van der Waals surface area contributed by atoms with E-state index in [2.05, 4.69) is 0 Å². The predicted molar refractivity (Wildman–Crippen MR) is 82.9 cm³/mol. The Labute approximate surface area is 133 Å². The average Bonchev–Trinajstić information content (AvgIpc) is 2.46. The third-order valence-electron chi connectivity index (χ3n) is 3.16. The van der Waals surface area contributed by atoms with Crippen molar-refractivity contribution in [3.05, 3.63) is 69.7 Å². The van der Waals surface area contributed by atoms with Gasteiger partial charge in [-0.3, -0.25) is 0 Å². The van der Waals surface area contributed by atoms with E-state index < -0.39 is 11.6 Å². The van der Waals surface area contributed by atoms with Crippen LogP contribution in [0.5, 0.6) is 0 Å². The molecule has 2 aromatic carbocycles. The molecule has 0 saturated carbocycles. The van der Waals surface area contributed by atoms with Crippen LogP contribution in [0.2, 0.25) is 10.0 Å². The molecule has 2 aromatic rings. The van der Waals surface area contributed by atoms with E-state index in [4.69, 9.17) is 27.9 Å². The Hall–Kier alpha value is -1.55. The molecule has 0 heterocycles. The summed E-state index contributed by atoms with van der Waals surface area (Å²) in [7, 11) is 0. The minimum Gasteiger partial charge on any atom is -0.479 e. The monoisotopic (exact) mass is 324 g/mol. The Bertz CT molecular complexity index is 575. The van der Waals surface area contributed by atoms with Crippen molar-refractivity contribution >= 4 is 29.2 Å². The third kappa shape index (κ3) is 3.05. The molecular formula is C16H14Cl2O3. The molecule has 3 nitrogen and oxygen atoms in total. The van der Waals surface area contributed by atoms with E-state index in [1.807, 2.05) is 0 Å². The van der Waals surface area contributed by atoms with Crippen LogP contribution in [0.3, 0.4) is 0 Å². The number of rotatable bonds is 5. The number of carboxylic acid groups (broad SMARTS) is 1. The highest BCUT2D eigenvalue weighted by atomic mass is 35.5. The molecule has 0 saturated heterocycles. The highest BCUT2D eigenvalue weighted by Crippen LogP contribution is 2.35. The Balaban J connectivity index is 2.65. The SMILES string of the molecule is CCOC(C(=O)O)(c1ccc(Cl)cc1)c1ccc(Cl)cc1. The molecule has 0 fully saturated rings. The first-order valence-electron chi connectivity index (χ1n) is 6.40. The van der Waals surface area contributed by atoms with E-state index in [0.717, 1.165) is 0 Å². The van der Waals surface area contributed by atoms with E-state index in [1.165, 1.54) is 0 Å². The number of carbonyl (C=O) groups is 1. The Morgan fingerprint density at radius 2 is 1.38 bits per heavy atom. The molecular weight excluding hydrogens is 311 g/mol. The minimum absolute atomic E-state index is 0.248. The molecule has 0 aromatic heterocycles. The van der Waals surface area contributed by atoms with Gasteiger partial charge in [0.15, 0.2) is 0 Å². The van der Waals surface area contributed by atoms with Crippen molar-refractivity contribution in [2.75, 3.05) is 6.61 Å². The fourth-order valence-corrected chi connectivity index (χ4v) is 2.48. The lowest BCUT2D eigenvalue weighted by Crippen LogP contribution is -2.40. The van der Waals surface area contributed by atoms with E-state index in [0.29, 0.717) is 21.2 Å². The fourth-order valence-electron chi connectivity index (χ4n) is 2.23. The molecule has 0 spiro atoms. The number of hydrogen-bond donors (Lipinski definition) is 1. The topological polar surface area (TPSA) is 46.5 Å². The first-order valence-corrected chi connectivity index (χ1v) is 7.15. The van der Waals surface area contributed by atoms with E-state index in [1.54, 1.807) is 55.5 Å². The highest BCUT2D eigenvalue weighted by molar-refractivity contribution is 6.30. The zero-order valence-electron chi connectivity index (χ0n) is 11.3. The van der Waals surface area contributed by atoms with Crippen LogP contribution < -0.4 is 0 Å². The first kappa shape index (κ1) is 15.8. The van der Waals surface area contributed by atoms with Gasteiger partial charge >= 0.3 is 5.97 Å². The lowest BCUT2D eigenvalue weighted by molar-refractivity contribution is -0.161. The van der Waals surface area contributed by atoms with E-state index in [9.17, 15) is 9.90 Å². The Kier molecular flexibility index (Phi) is 4.88. The Morgan fingerprint density at radius 3 is 1.67 bits per heavy atom. The van der Waals surface area contributed by atoms with Crippen LogP contribution in [0.15, 0.2) is 48.5 Å². The second kappa shape index (κ2) is 6.48. The number of halogens is 2. The van der Waals surface area contributed by atoms with Crippen molar-refractivity contribution in [3.63, 3.8) is 0 Å². The quantitative estimate of drug-likeness (QED) is 0.888. The minimum atomic E-state index is -1.58. The van der Waals surface area contributed by atoms with Crippen LogP contribution >= 0.6 is 23.2 Å². The van der Waals surface area contributed by atoms with Crippen LogP contribution in [0.25, 0.3) is 0 Å². The second-order valence-corrected chi connectivity index (χ2v) is 5.31. The van der Waals surface area contributed by atoms with Gasteiger partial charge in [0.25, 0.3) is 0 Å². The van der Waals surface area contributed by atoms with Gasteiger partial charge in [0.05, 0.1) is 0 Å². The third-order valence-corrected chi connectivity index (χ3v) is 3.67. The van der Waals surface area contributed by atoms with Gasteiger partial charge in [-0.15, -0.1) is 0 Å². The van der Waals surface area contributed by atoms with Crippen LogP contribution in [0, 0.1) is 0 Å². The molecule has 0 atom stereocenters. The van der Waals surface area contributed by atoms with Crippen LogP contribution in [0.1, 0.15) is 18.1 Å². The molecule has 0 aliphatic carbocycles. The van der Waals surface area contributed by atoms with Gasteiger partial charge in [-0.2, -0.15) is 0 Å². The van der Waals surface area contributed by atoms with Crippen molar-refractivity contribution in [1.82, 2.24) is 0 Å². The van der Waals surface area contributed by atoms with Gasteiger partial charge in [-0.25, -0.2) is 4.79 Å².